The summed E-state index contributed by atoms with van der Waals surface area (Å²) in [5.41, 5.74) is 0.591. The lowest BCUT2D eigenvalue weighted by Crippen LogP contribution is -2.38. The molecule has 2 aromatic rings. The Morgan fingerprint density at radius 2 is 2.00 bits per heavy atom. The molecule has 0 atom stereocenters. The quantitative estimate of drug-likeness (QED) is 0.496. The maximum Gasteiger partial charge on any atom is 0.255 e. The first-order valence-corrected chi connectivity index (χ1v) is 13.7. The molecule has 0 aliphatic carbocycles. The van der Waals surface area contributed by atoms with E-state index in [0.29, 0.717) is 53.4 Å². The minimum Gasteiger partial charge on any atom is -0.496 e. The van der Waals surface area contributed by atoms with Gasteiger partial charge in [-0.3, -0.25) is 4.79 Å². The number of hydrogen-bond acceptors (Lipinski definition) is 5. The second kappa shape index (κ2) is 11.6. The summed E-state index contributed by atoms with van der Waals surface area (Å²) in [7, 11) is -2.26. The molecule has 2 aromatic carbocycles. The van der Waals surface area contributed by atoms with Crippen LogP contribution in [0.25, 0.3) is 0 Å². The molecule has 33 heavy (non-hydrogen) atoms. The highest BCUT2D eigenvalue weighted by Crippen LogP contribution is 2.28. The smallest absolute Gasteiger partial charge is 0.255 e. The van der Waals surface area contributed by atoms with E-state index < -0.39 is 15.9 Å². The summed E-state index contributed by atoms with van der Waals surface area (Å²) in [6, 6.07) is 8.90. The summed E-state index contributed by atoms with van der Waals surface area (Å²) in [5.74, 6) is 0.923. The van der Waals surface area contributed by atoms with E-state index in [1.165, 1.54) is 47.4 Å². The van der Waals surface area contributed by atoms with E-state index in [2.05, 4.69) is 12.2 Å². The van der Waals surface area contributed by atoms with Crippen molar-refractivity contribution in [2.24, 2.45) is 5.92 Å². The average Bonchev–Trinajstić information content (AvgIpc) is 2.80. The Kier molecular flexibility index (Phi) is 9.03. The molecule has 0 aromatic heterocycles. The fraction of sp³-hybridized carbons (Fsp3) is 0.435. The fourth-order valence-corrected chi connectivity index (χ4v) is 6.27. The van der Waals surface area contributed by atoms with Gasteiger partial charge in [0.2, 0.25) is 10.0 Å². The number of halogens is 2. The number of carbonyl (C=O) groups is 1. The first kappa shape index (κ1) is 25.8. The third-order valence-corrected chi connectivity index (χ3v) is 8.87. The molecule has 180 valence electrons. The lowest BCUT2D eigenvalue weighted by atomic mass is 10.0. The summed E-state index contributed by atoms with van der Waals surface area (Å²) < 4.78 is 46.7. The van der Waals surface area contributed by atoms with Crippen LogP contribution in [0.15, 0.2) is 41.3 Å². The van der Waals surface area contributed by atoms with E-state index in [9.17, 15) is 17.6 Å². The SMILES string of the molecule is COc1ccc(S(=O)(=O)N2CCC(C)CC2)cc1C(=O)NCCSCc1c(F)cccc1Cl. The third kappa shape index (κ3) is 6.41. The summed E-state index contributed by atoms with van der Waals surface area (Å²) in [6.07, 6.45) is 1.64. The number of benzene rings is 2. The zero-order chi connectivity index (χ0) is 24.0. The number of piperidine rings is 1. The molecule has 10 heteroatoms. The van der Waals surface area contributed by atoms with Gasteiger partial charge >= 0.3 is 0 Å². The van der Waals surface area contributed by atoms with Crippen molar-refractivity contribution in [2.45, 2.75) is 30.4 Å². The van der Waals surface area contributed by atoms with Gasteiger partial charge in [-0.15, -0.1) is 0 Å². The van der Waals surface area contributed by atoms with E-state index in [1.807, 2.05) is 0 Å². The Bertz CT molecular complexity index is 1070. The first-order valence-electron chi connectivity index (χ1n) is 10.7. The van der Waals surface area contributed by atoms with Gasteiger partial charge in [-0.2, -0.15) is 16.1 Å². The van der Waals surface area contributed by atoms with Gasteiger partial charge in [0.1, 0.15) is 11.6 Å². The molecular formula is C23H28ClFN2O4S2. The van der Waals surface area contributed by atoms with Crippen LogP contribution < -0.4 is 10.1 Å². The average molecular weight is 515 g/mol. The molecule has 1 fully saturated rings. The first-order chi connectivity index (χ1) is 15.7. The minimum absolute atomic E-state index is 0.0755. The highest BCUT2D eigenvalue weighted by molar-refractivity contribution is 7.98. The molecule has 0 spiro atoms. The molecule has 1 aliphatic rings. The number of rotatable bonds is 9. The standard InChI is InChI=1S/C23H28ClFN2O4S2/c1-16-8-11-27(12-9-16)33(29,30)17-6-7-22(31-2)18(14-17)23(28)26-10-13-32-15-19-20(24)4-3-5-21(19)25/h3-7,14,16H,8-13,15H2,1-2H3,(H,26,28). The van der Waals surface area contributed by atoms with Crippen LogP contribution in [-0.2, 0) is 15.8 Å². The van der Waals surface area contributed by atoms with Crippen LogP contribution in [0.4, 0.5) is 4.39 Å². The zero-order valence-electron chi connectivity index (χ0n) is 18.6. The maximum atomic E-state index is 13.8. The maximum absolute atomic E-state index is 13.8. The van der Waals surface area contributed by atoms with Gasteiger partial charge in [-0.05, 0) is 49.1 Å². The molecule has 3 rings (SSSR count). The van der Waals surface area contributed by atoms with Gasteiger partial charge in [0.05, 0.1) is 17.6 Å². The molecule has 1 aliphatic heterocycles. The fourth-order valence-electron chi connectivity index (χ4n) is 3.58. The van der Waals surface area contributed by atoms with Gasteiger partial charge in [0, 0.05) is 41.7 Å². The number of sulfonamides is 1. The molecule has 1 saturated heterocycles. The van der Waals surface area contributed by atoms with Gasteiger partial charge in [-0.1, -0.05) is 24.6 Å². The van der Waals surface area contributed by atoms with Crippen molar-refractivity contribution in [2.75, 3.05) is 32.5 Å². The minimum atomic E-state index is -3.69. The lowest BCUT2D eigenvalue weighted by Gasteiger charge is -2.29. The van der Waals surface area contributed by atoms with E-state index in [4.69, 9.17) is 16.3 Å². The highest BCUT2D eigenvalue weighted by Gasteiger charge is 2.29. The molecule has 1 heterocycles. The summed E-state index contributed by atoms with van der Waals surface area (Å²) in [4.78, 5) is 12.8. The Morgan fingerprint density at radius 3 is 2.67 bits per heavy atom. The van der Waals surface area contributed by atoms with Crippen LogP contribution in [0.3, 0.4) is 0 Å². The monoisotopic (exact) mass is 514 g/mol. The Labute approximate surface area is 203 Å². The molecular weight excluding hydrogens is 487 g/mol. The molecule has 0 saturated carbocycles. The van der Waals surface area contributed by atoms with Crippen molar-refractivity contribution in [3.05, 3.63) is 58.4 Å². The summed E-state index contributed by atoms with van der Waals surface area (Å²) in [6.45, 7) is 3.38. The largest absolute Gasteiger partial charge is 0.496 e. The lowest BCUT2D eigenvalue weighted by molar-refractivity contribution is 0.0953. The summed E-state index contributed by atoms with van der Waals surface area (Å²) in [5, 5.41) is 3.15. The van der Waals surface area contributed by atoms with Crippen molar-refractivity contribution in [1.82, 2.24) is 9.62 Å². The van der Waals surface area contributed by atoms with Crippen molar-refractivity contribution < 1.29 is 22.3 Å². The van der Waals surface area contributed by atoms with Crippen molar-refractivity contribution in [1.29, 1.82) is 0 Å². The van der Waals surface area contributed by atoms with Crippen LogP contribution in [0.5, 0.6) is 5.75 Å². The normalized spacial score (nSPS) is 15.4. The molecule has 1 N–H and O–H groups in total. The third-order valence-electron chi connectivity index (χ3n) is 5.64. The molecule has 6 nitrogen and oxygen atoms in total. The van der Waals surface area contributed by atoms with Crippen molar-refractivity contribution >= 4 is 39.3 Å². The van der Waals surface area contributed by atoms with Crippen molar-refractivity contribution in [3.63, 3.8) is 0 Å². The number of ether oxygens (including phenoxy) is 1. The number of nitrogens with one attached hydrogen (secondary N) is 1. The van der Waals surface area contributed by atoms with Crippen LogP contribution in [0.2, 0.25) is 5.02 Å². The van der Waals surface area contributed by atoms with Crippen LogP contribution in [0.1, 0.15) is 35.7 Å². The number of carbonyl (C=O) groups excluding carboxylic acids is 1. The second-order valence-corrected chi connectivity index (χ2v) is 11.4. The van der Waals surface area contributed by atoms with Crippen LogP contribution in [0, 0.1) is 11.7 Å². The molecule has 1 amide bonds. The van der Waals surface area contributed by atoms with Gasteiger partial charge < -0.3 is 10.1 Å². The number of hydrogen-bond donors (Lipinski definition) is 1. The zero-order valence-corrected chi connectivity index (χ0v) is 21.0. The Balaban J connectivity index is 1.62. The van der Waals surface area contributed by atoms with E-state index in [-0.39, 0.29) is 16.3 Å². The number of thioether (sulfide) groups is 1. The Morgan fingerprint density at radius 1 is 1.27 bits per heavy atom. The van der Waals surface area contributed by atoms with E-state index in [1.54, 1.807) is 12.1 Å². The Hall–Kier alpha value is -1.81. The van der Waals surface area contributed by atoms with Crippen molar-refractivity contribution in [3.8, 4) is 5.75 Å². The molecule has 0 bridgehead atoms. The number of methoxy groups -OCH3 is 1. The molecule has 0 unspecified atom stereocenters. The predicted octanol–water partition coefficient (Wildman–Crippen LogP) is 4.57. The predicted molar refractivity (Wildman–Crippen MR) is 130 cm³/mol. The van der Waals surface area contributed by atoms with Gasteiger partial charge in [0.25, 0.3) is 5.91 Å². The summed E-state index contributed by atoms with van der Waals surface area (Å²) >= 11 is 7.47. The van der Waals surface area contributed by atoms with Gasteiger partial charge in [-0.25, -0.2) is 12.8 Å². The van der Waals surface area contributed by atoms with E-state index >= 15 is 0 Å². The second-order valence-electron chi connectivity index (χ2n) is 7.96. The number of amides is 1. The van der Waals surface area contributed by atoms with Gasteiger partial charge in [0.15, 0.2) is 0 Å². The molecule has 0 radical (unpaired) electrons. The van der Waals surface area contributed by atoms with E-state index in [0.717, 1.165) is 12.8 Å². The van der Waals surface area contributed by atoms with Crippen LogP contribution in [-0.4, -0.2) is 51.1 Å². The highest BCUT2D eigenvalue weighted by atomic mass is 35.5. The van der Waals surface area contributed by atoms with Crippen LogP contribution >= 0.6 is 23.4 Å². The topological polar surface area (TPSA) is 75.7 Å². The number of nitrogens with zero attached hydrogens (tertiary/aromatic N) is 1.